The van der Waals surface area contributed by atoms with Crippen LogP contribution in [0.2, 0.25) is 0 Å². The molecule has 0 amide bonds. The van der Waals surface area contributed by atoms with Gasteiger partial charge in [0.15, 0.2) is 5.69 Å². The van der Waals surface area contributed by atoms with E-state index in [1.807, 2.05) is 0 Å². The Labute approximate surface area is 117 Å². The van der Waals surface area contributed by atoms with Crippen LogP contribution in [0.1, 0.15) is 47.9 Å². The summed E-state index contributed by atoms with van der Waals surface area (Å²) in [5.74, 6) is -0.504. The number of carbonyl (C=O) groups is 1. The molecule has 1 heterocycles. The lowest BCUT2D eigenvalue weighted by Crippen LogP contribution is -2.29. The second kappa shape index (κ2) is 6.81. The third-order valence-electron chi connectivity index (χ3n) is 3.65. The van der Waals surface area contributed by atoms with Crippen LogP contribution in [-0.2, 0) is 9.47 Å². The lowest BCUT2D eigenvalue weighted by molar-refractivity contribution is 0.0379. The first-order valence-electron chi connectivity index (χ1n) is 6.91. The van der Waals surface area contributed by atoms with Gasteiger partial charge in [-0.1, -0.05) is 18.1 Å². The van der Waals surface area contributed by atoms with E-state index in [1.165, 1.54) is 0 Å². The van der Waals surface area contributed by atoms with E-state index in [4.69, 9.17) is 9.47 Å². The molecule has 1 fully saturated rings. The van der Waals surface area contributed by atoms with E-state index < -0.39 is 12.1 Å². The summed E-state index contributed by atoms with van der Waals surface area (Å²) in [4.78, 5) is 11.9. The molecule has 1 aliphatic rings. The molecule has 20 heavy (non-hydrogen) atoms. The molecule has 1 aromatic heterocycles. The van der Waals surface area contributed by atoms with Gasteiger partial charge in [-0.05, 0) is 19.8 Å². The molecule has 1 aliphatic carbocycles. The number of ether oxygens (including phenoxy) is 2. The molecule has 1 N–H and O–H groups in total. The molecule has 112 valence electrons. The summed E-state index contributed by atoms with van der Waals surface area (Å²) in [6.45, 7) is 2.31. The largest absolute Gasteiger partial charge is 0.458 e. The van der Waals surface area contributed by atoms with Crippen molar-refractivity contribution in [3.8, 4) is 0 Å². The van der Waals surface area contributed by atoms with Gasteiger partial charge < -0.3 is 14.6 Å². The highest BCUT2D eigenvalue weighted by Gasteiger charge is 2.29. The zero-order valence-corrected chi connectivity index (χ0v) is 11.9. The zero-order valence-electron chi connectivity index (χ0n) is 11.9. The Morgan fingerprint density at radius 3 is 2.85 bits per heavy atom. The normalized spacial score (nSPS) is 22.8. The van der Waals surface area contributed by atoms with Crippen LogP contribution in [0.5, 0.6) is 0 Å². The number of hydrogen-bond donors (Lipinski definition) is 1. The molecule has 1 aromatic rings. The molecule has 2 rings (SSSR count). The van der Waals surface area contributed by atoms with Gasteiger partial charge in [0.2, 0.25) is 0 Å². The van der Waals surface area contributed by atoms with Gasteiger partial charge in [0.1, 0.15) is 6.61 Å². The molecule has 1 saturated carbocycles. The highest BCUT2D eigenvalue weighted by molar-refractivity contribution is 5.88. The van der Waals surface area contributed by atoms with E-state index in [0.717, 1.165) is 25.7 Å². The predicted octanol–water partition coefficient (Wildman–Crippen LogP) is 0.866. The Hall–Kier alpha value is -1.47. The first-order valence-corrected chi connectivity index (χ1v) is 6.91. The van der Waals surface area contributed by atoms with Crippen LogP contribution in [0.25, 0.3) is 0 Å². The monoisotopic (exact) mass is 283 g/mol. The number of aliphatic hydroxyl groups is 1. The van der Waals surface area contributed by atoms with Crippen LogP contribution in [0.3, 0.4) is 0 Å². The van der Waals surface area contributed by atoms with Crippen LogP contribution >= 0.6 is 0 Å². The highest BCUT2D eigenvalue weighted by atomic mass is 16.6. The summed E-state index contributed by atoms with van der Waals surface area (Å²) < 4.78 is 11.5. The topological polar surface area (TPSA) is 86.5 Å². The molecule has 7 nitrogen and oxygen atoms in total. The molecule has 7 heteroatoms. The molecule has 0 saturated heterocycles. The van der Waals surface area contributed by atoms with Gasteiger partial charge in [-0.3, -0.25) is 0 Å². The molecule has 0 aromatic carbocycles. The molecule has 2 unspecified atom stereocenters. The maximum Gasteiger partial charge on any atom is 0.360 e. The average Bonchev–Trinajstić information content (AvgIpc) is 2.81. The Bertz CT molecular complexity index is 460. The van der Waals surface area contributed by atoms with Crippen molar-refractivity contribution < 1.29 is 19.4 Å². The second-order valence-electron chi connectivity index (χ2n) is 5.02. The van der Waals surface area contributed by atoms with Gasteiger partial charge >= 0.3 is 5.97 Å². The van der Waals surface area contributed by atoms with Crippen molar-refractivity contribution in [1.82, 2.24) is 15.0 Å². The van der Waals surface area contributed by atoms with Crippen LogP contribution in [0, 0.1) is 6.92 Å². The minimum atomic E-state index is -0.504. The van der Waals surface area contributed by atoms with E-state index in [9.17, 15) is 9.90 Å². The van der Waals surface area contributed by atoms with Crippen molar-refractivity contribution in [2.24, 2.45) is 0 Å². The minimum absolute atomic E-state index is 0.100. The van der Waals surface area contributed by atoms with Crippen LogP contribution in [-0.4, -0.2) is 52.5 Å². The van der Waals surface area contributed by atoms with Crippen molar-refractivity contribution in [3.05, 3.63) is 11.4 Å². The third kappa shape index (κ3) is 3.16. The maximum atomic E-state index is 11.9. The number of esters is 1. The smallest absolute Gasteiger partial charge is 0.360 e. The van der Waals surface area contributed by atoms with Crippen LogP contribution in [0.4, 0.5) is 0 Å². The Kier molecular flexibility index (Phi) is 5.08. The summed E-state index contributed by atoms with van der Waals surface area (Å²) in [7, 11) is 1.54. The summed E-state index contributed by atoms with van der Waals surface area (Å²) >= 11 is 0. The predicted molar refractivity (Wildman–Crippen MR) is 70.4 cm³/mol. The van der Waals surface area contributed by atoms with E-state index >= 15 is 0 Å². The van der Waals surface area contributed by atoms with Gasteiger partial charge in [0.25, 0.3) is 0 Å². The zero-order chi connectivity index (χ0) is 14.5. The van der Waals surface area contributed by atoms with Gasteiger partial charge in [-0.15, -0.1) is 5.10 Å². The molecular weight excluding hydrogens is 262 g/mol. The summed E-state index contributed by atoms with van der Waals surface area (Å²) in [5.41, 5.74) is 0.845. The lowest BCUT2D eigenvalue weighted by atomic mass is 9.92. The Morgan fingerprint density at radius 1 is 1.40 bits per heavy atom. The van der Waals surface area contributed by atoms with Crippen molar-refractivity contribution >= 4 is 5.97 Å². The van der Waals surface area contributed by atoms with Crippen LogP contribution < -0.4 is 0 Å². The molecule has 2 atom stereocenters. The van der Waals surface area contributed by atoms with Gasteiger partial charge in [-0.25, -0.2) is 9.48 Å². The van der Waals surface area contributed by atoms with Crippen molar-refractivity contribution in [2.45, 2.75) is 44.8 Å². The standard InChI is InChI=1S/C13H21N3O4/c1-9-12(13(18)20-8-7-19-2)14-15-16(9)10-5-3-4-6-11(10)17/h10-11,17H,3-8H2,1-2H3. The number of methoxy groups -OCH3 is 1. The average molecular weight is 283 g/mol. The summed E-state index contributed by atoms with van der Waals surface area (Å²) in [5, 5.41) is 18.0. The van der Waals surface area contributed by atoms with E-state index in [1.54, 1.807) is 18.7 Å². The van der Waals surface area contributed by atoms with Crippen molar-refractivity contribution in [2.75, 3.05) is 20.3 Å². The van der Waals surface area contributed by atoms with E-state index in [-0.39, 0.29) is 18.3 Å². The van der Waals surface area contributed by atoms with Gasteiger partial charge in [0.05, 0.1) is 24.4 Å². The quantitative estimate of drug-likeness (QED) is 0.637. The highest BCUT2D eigenvalue weighted by Crippen LogP contribution is 2.29. The second-order valence-corrected chi connectivity index (χ2v) is 5.02. The van der Waals surface area contributed by atoms with Gasteiger partial charge in [0, 0.05) is 7.11 Å². The number of hydrogen-bond acceptors (Lipinski definition) is 6. The van der Waals surface area contributed by atoms with Crippen molar-refractivity contribution in [3.63, 3.8) is 0 Å². The minimum Gasteiger partial charge on any atom is -0.458 e. The summed E-state index contributed by atoms with van der Waals surface area (Å²) in [6, 6.07) is -0.100. The Balaban J connectivity index is 2.08. The van der Waals surface area contributed by atoms with Crippen molar-refractivity contribution in [1.29, 1.82) is 0 Å². The number of rotatable bonds is 5. The number of aromatic nitrogens is 3. The van der Waals surface area contributed by atoms with Crippen LogP contribution in [0.15, 0.2) is 0 Å². The maximum absolute atomic E-state index is 11.9. The fourth-order valence-electron chi connectivity index (χ4n) is 2.51. The lowest BCUT2D eigenvalue weighted by Gasteiger charge is -2.28. The van der Waals surface area contributed by atoms with Gasteiger partial charge in [-0.2, -0.15) is 0 Å². The molecular formula is C13H21N3O4. The Morgan fingerprint density at radius 2 is 2.15 bits per heavy atom. The molecule has 0 bridgehead atoms. The fourth-order valence-corrected chi connectivity index (χ4v) is 2.51. The molecule has 0 spiro atoms. The number of aliphatic hydroxyl groups excluding tert-OH is 1. The number of carbonyl (C=O) groups excluding carboxylic acids is 1. The first kappa shape index (κ1) is 14.9. The third-order valence-corrected chi connectivity index (χ3v) is 3.65. The first-order chi connectivity index (χ1) is 9.65. The molecule has 0 aliphatic heterocycles. The SMILES string of the molecule is COCCOC(=O)c1nnn(C2CCCCC2O)c1C. The van der Waals surface area contributed by atoms with E-state index in [0.29, 0.717) is 12.3 Å². The fraction of sp³-hybridized carbons (Fsp3) is 0.769. The molecule has 0 radical (unpaired) electrons. The van der Waals surface area contributed by atoms with E-state index in [2.05, 4.69) is 10.3 Å². The number of nitrogens with zero attached hydrogens (tertiary/aromatic N) is 3. The summed E-state index contributed by atoms with van der Waals surface area (Å²) in [6.07, 6.45) is 3.26.